The third-order valence-electron chi connectivity index (χ3n) is 4.15. The first-order valence-electron chi connectivity index (χ1n) is 7.16. The quantitative estimate of drug-likeness (QED) is 0.848. The number of nitrogens with one attached hydrogen (secondary N) is 1. The summed E-state index contributed by atoms with van der Waals surface area (Å²) in [7, 11) is 0. The van der Waals surface area contributed by atoms with Crippen LogP contribution >= 0.6 is 11.8 Å². The molecule has 0 heterocycles. The monoisotopic (exact) mass is 293 g/mol. The smallest absolute Gasteiger partial charge is 0.251 e. The Bertz CT molecular complexity index is 438. The van der Waals surface area contributed by atoms with E-state index < -0.39 is 0 Å². The fraction of sp³-hybridized carbons (Fsp3) is 0.562. The Labute approximate surface area is 125 Å². The van der Waals surface area contributed by atoms with Gasteiger partial charge in [-0.3, -0.25) is 4.79 Å². The number of aliphatic hydroxyl groups excluding tert-OH is 1. The van der Waals surface area contributed by atoms with E-state index in [1.165, 1.54) is 5.56 Å². The molecule has 0 saturated heterocycles. The molecule has 1 aromatic carbocycles. The third-order valence-corrected chi connectivity index (χ3v) is 4.77. The molecule has 0 bridgehead atoms. The number of thioether (sulfide) groups is 1. The van der Waals surface area contributed by atoms with Gasteiger partial charge in [-0.05, 0) is 36.8 Å². The molecule has 110 valence electrons. The Morgan fingerprint density at radius 2 is 1.95 bits per heavy atom. The SMILES string of the molecule is CSCc1ccc(C(=O)NCC2(CO)CCCC2)cc1. The number of benzene rings is 1. The van der Waals surface area contributed by atoms with Crippen LogP contribution in [0.3, 0.4) is 0 Å². The molecular weight excluding hydrogens is 270 g/mol. The molecular formula is C16H23NO2S. The molecule has 0 aliphatic heterocycles. The lowest BCUT2D eigenvalue weighted by molar-refractivity contribution is 0.0880. The van der Waals surface area contributed by atoms with Crippen molar-refractivity contribution in [1.82, 2.24) is 5.32 Å². The molecule has 2 rings (SSSR count). The second kappa shape index (κ2) is 7.14. The summed E-state index contributed by atoms with van der Waals surface area (Å²) >= 11 is 1.77. The lowest BCUT2D eigenvalue weighted by atomic mass is 9.87. The minimum atomic E-state index is -0.0888. The van der Waals surface area contributed by atoms with E-state index in [0.29, 0.717) is 12.1 Å². The summed E-state index contributed by atoms with van der Waals surface area (Å²) in [5.74, 6) is 0.927. The van der Waals surface area contributed by atoms with Crippen molar-refractivity contribution >= 4 is 17.7 Å². The van der Waals surface area contributed by atoms with Crippen LogP contribution in [-0.2, 0) is 5.75 Å². The predicted octanol–water partition coefficient (Wildman–Crippen LogP) is 2.83. The van der Waals surface area contributed by atoms with Gasteiger partial charge < -0.3 is 10.4 Å². The first kappa shape index (κ1) is 15.4. The van der Waals surface area contributed by atoms with E-state index in [-0.39, 0.29) is 17.9 Å². The van der Waals surface area contributed by atoms with E-state index >= 15 is 0 Å². The second-order valence-corrected chi connectivity index (χ2v) is 6.54. The van der Waals surface area contributed by atoms with Gasteiger partial charge in [0.2, 0.25) is 0 Å². The zero-order chi connectivity index (χ0) is 14.4. The Morgan fingerprint density at radius 3 is 2.50 bits per heavy atom. The summed E-state index contributed by atoms with van der Waals surface area (Å²) in [6.07, 6.45) is 6.39. The Kier molecular flexibility index (Phi) is 5.49. The number of amides is 1. The van der Waals surface area contributed by atoms with Crippen LogP contribution in [0.4, 0.5) is 0 Å². The number of aliphatic hydroxyl groups is 1. The number of hydrogen-bond donors (Lipinski definition) is 2. The van der Waals surface area contributed by atoms with Crippen LogP contribution in [0.1, 0.15) is 41.6 Å². The van der Waals surface area contributed by atoms with Crippen molar-refractivity contribution in [3.63, 3.8) is 0 Å². The lowest BCUT2D eigenvalue weighted by Gasteiger charge is -2.26. The Morgan fingerprint density at radius 1 is 1.30 bits per heavy atom. The molecule has 1 amide bonds. The number of hydrogen-bond acceptors (Lipinski definition) is 3. The highest BCUT2D eigenvalue weighted by atomic mass is 32.2. The van der Waals surface area contributed by atoms with Crippen LogP contribution in [0.2, 0.25) is 0 Å². The zero-order valence-corrected chi connectivity index (χ0v) is 12.8. The number of carbonyl (C=O) groups is 1. The van der Waals surface area contributed by atoms with Crippen LogP contribution < -0.4 is 5.32 Å². The molecule has 0 spiro atoms. The fourth-order valence-electron chi connectivity index (χ4n) is 2.80. The highest BCUT2D eigenvalue weighted by Crippen LogP contribution is 2.36. The van der Waals surface area contributed by atoms with Crippen LogP contribution in [0, 0.1) is 5.41 Å². The van der Waals surface area contributed by atoms with Gasteiger partial charge >= 0.3 is 0 Å². The maximum Gasteiger partial charge on any atom is 0.251 e. The van der Waals surface area contributed by atoms with Crippen molar-refractivity contribution in [3.05, 3.63) is 35.4 Å². The summed E-state index contributed by atoms with van der Waals surface area (Å²) in [6.45, 7) is 0.745. The topological polar surface area (TPSA) is 49.3 Å². The van der Waals surface area contributed by atoms with Crippen molar-refractivity contribution in [3.8, 4) is 0 Å². The molecule has 1 fully saturated rings. The minimum absolute atomic E-state index is 0.0413. The van der Waals surface area contributed by atoms with Crippen LogP contribution in [0.15, 0.2) is 24.3 Å². The summed E-state index contributed by atoms with van der Waals surface area (Å²) in [5.41, 5.74) is 1.84. The molecule has 4 heteroatoms. The van der Waals surface area contributed by atoms with Gasteiger partial charge in [0.25, 0.3) is 5.91 Å². The summed E-state index contributed by atoms with van der Waals surface area (Å²) in [4.78, 5) is 12.1. The normalized spacial score (nSPS) is 17.1. The van der Waals surface area contributed by atoms with E-state index in [0.717, 1.165) is 31.4 Å². The zero-order valence-electron chi connectivity index (χ0n) is 12.0. The Balaban J connectivity index is 1.91. The van der Waals surface area contributed by atoms with Crippen molar-refractivity contribution in [2.75, 3.05) is 19.4 Å². The average Bonchev–Trinajstić information content (AvgIpc) is 2.95. The highest BCUT2D eigenvalue weighted by molar-refractivity contribution is 7.97. The Hall–Kier alpha value is -1.00. The lowest BCUT2D eigenvalue weighted by Crippen LogP contribution is -2.38. The van der Waals surface area contributed by atoms with Gasteiger partial charge in [-0.15, -0.1) is 0 Å². The van der Waals surface area contributed by atoms with Crippen molar-refractivity contribution in [2.45, 2.75) is 31.4 Å². The van der Waals surface area contributed by atoms with Gasteiger partial charge in [-0.1, -0.05) is 25.0 Å². The third kappa shape index (κ3) is 3.76. The van der Waals surface area contributed by atoms with Gasteiger partial charge in [0, 0.05) is 23.3 Å². The second-order valence-electron chi connectivity index (χ2n) is 5.68. The number of rotatable bonds is 6. The van der Waals surface area contributed by atoms with Gasteiger partial charge in [0.1, 0.15) is 0 Å². The van der Waals surface area contributed by atoms with E-state index in [1.54, 1.807) is 11.8 Å². The summed E-state index contributed by atoms with van der Waals surface area (Å²) < 4.78 is 0. The van der Waals surface area contributed by atoms with Crippen LogP contribution in [0.25, 0.3) is 0 Å². The van der Waals surface area contributed by atoms with Crippen molar-refractivity contribution < 1.29 is 9.90 Å². The minimum Gasteiger partial charge on any atom is -0.396 e. The fourth-order valence-corrected chi connectivity index (χ4v) is 3.33. The molecule has 1 aliphatic carbocycles. The van der Waals surface area contributed by atoms with Crippen molar-refractivity contribution in [1.29, 1.82) is 0 Å². The van der Waals surface area contributed by atoms with E-state index in [4.69, 9.17) is 0 Å². The molecule has 1 aromatic rings. The van der Waals surface area contributed by atoms with Crippen molar-refractivity contribution in [2.24, 2.45) is 5.41 Å². The molecule has 0 radical (unpaired) electrons. The summed E-state index contributed by atoms with van der Waals surface area (Å²) in [5, 5.41) is 12.5. The number of carbonyl (C=O) groups excluding carboxylic acids is 1. The van der Waals surface area contributed by atoms with Crippen LogP contribution in [-0.4, -0.2) is 30.4 Å². The first-order chi connectivity index (χ1) is 9.69. The van der Waals surface area contributed by atoms with Gasteiger partial charge in [-0.25, -0.2) is 0 Å². The highest BCUT2D eigenvalue weighted by Gasteiger charge is 2.33. The van der Waals surface area contributed by atoms with Gasteiger partial charge in [0.15, 0.2) is 0 Å². The van der Waals surface area contributed by atoms with E-state index in [2.05, 4.69) is 11.6 Å². The summed E-state index contributed by atoms with van der Waals surface area (Å²) in [6, 6.07) is 7.76. The van der Waals surface area contributed by atoms with Gasteiger partial charge in [0.05, 0.1) is 6.61 Å². The molecule has 1 saturated carbocycles. The maximum absolute atomic E-state index is 12.1. The molecule has 0 atom stereocenters. The maximum atomic E-state index is 12.1. The molecule has 3 nitrogen and oxygen atoms in total. The molecule has 2 N–H and O–H groups in total. The predicted molar refractivity (Wildman–Crippen MR) is 84.0 cm³/mol. The molecule has 0 unspecified atom stereocenters. The molecule has 1 aliphatic rings. The van der Waals surface area contributed by atoms with E-state index in [1.807, 2.05) is 24.3 Å². The molecule has 0 aromatic heterocycles. The average molecular weight is 293 g/mol. The standard InChI is InChI=1S/C16H23NO2S/c1-20-10-13-4-6-14(7-5-13)15(19)17-11-16(12-18)8-2-3-9-16/h4-7,18H,2-3,8-12H2,1H3,(H,17,19). The largest absolute Gasteiger partial charge is 0.396 e. The van der Waals surface area contributed by atoms with Gasteiger partial charge in [-0.2, -0.15) is 11.8 Å². The first-order valence-corrected chi connectivity index (χ1v) is 8.55. The van der Waals surface area contributed by atoms with Crippen LogP contribution in [0.5, 0.6) is 0 Å². The molecule has 20 heavy (non-hydrogen) atoms. The van der Waals surface area contributed by atoms with E-state index in [9.17, 15) is 9.90 Å².